The molecule has 0 spiro atoms. The smallest absolute Gasteiger partial charge is 0.191 e. The van der Waals surface area contributed by atoms with Crippen LogP contribution in [-0.4, -0.2) is 44.4 Å². The third kappa shape index (κ3) is 8.27. The molecular formula is C21H32N4O2S. The van der Waals surface area contributed by atoms with Crippen molar-refractivity contribution in [2.45, 2.75) is 39.7 Å². The number of aliphatic imine (C=N–C) groups is 1. The highest BCUT2D eigenvalue weighted by molar-refractivity contribution is 7.09. The number of nitrogens with zero attached hydrogens (tertiary/aromatic N) is 2. The molecule has 0 aliphatic rings. The summed E-state index contributed by atoms with van der Waals surface area (Å²) in [6.45, 7) is 7.90. The van der Waals surface area contributed by atoms with Crippen LogP contribution in [0.25, 0.3) is 0 Å². The van der Waals surface area contributed by atoms with Gasteiger partial charge >= 0.3 is 0 Å². The average Bonchev–Trinajstić information content (AvgIpc) is 3.19. The van der Waals surface area contributed by atoms with Gasteiger partial charge < -0.3 is 20.1 Å². The highest BCUT2D eigenvalue weighted by Gasteiger charge is 2.03. The number of rotatable bonds is 12. The van der Waals surface area contributed by atoms with Gasteiger partial charge in [-0.05, 0) is 37.5 Å². The molecule has 0 saturated heterocycles. The zero-order valence-electron chi connectivity index (χ0n) is 17.2. The molecule has 2 rings (SSSR count). The van der Waals surface area contributed by atoms with Crippen LogP contribution in [0.4, 0.5) is 0 Å². The van der Waals surface area contributed by atoms with Crippen molar-refractivity contribution >= 4 is 17.3 Å². The first-order chi connectivity index (χ1) is 13.7. The molecule has 0 aliphatic carbocycles. The van der Waals surface area contributed by atoms with Crippen LogP contribution in [0.1, 0.15) is 36.5 Å². The number of benzene rings is 1. The molecule has 0 bridgehead atoms. The molecule has 0 unspecified atom stereocenters. The van der Waals surface area contributed by atoms with Crippen molar-refractivity contribution in [3.8, 4) is 5.75 Å². The number of aryl methyl sites for hydroxylation is 1. The maximum Gasteiger partial charge on any atom is 0.191 e. The van der Waals surface area contributed by atoms with E-state index in [1.807, 2.05) is 31.2 Å². The zero-order chi connectivity index (χ0) is 20.0. The lowest BCUT2D eigenvalue weighted by Gasteiger charge is -2.12. The van der Waals surface area contributed by atoms with Crippen molar-refractivity contribution in [2.24, 2.45) is 4.99 Å². The fraction of sp³-hybridized carbons (Fsp3) is 0.524. The van der Waals surface area contributed by atoms with Crippen LogP contribution in [0.15, 0.2) is 34.6 Å². The normalized spacial score (nSPS) is 11.5. The van der Waals surface area contributed by atoms with Crippen LogP contribution in [0.2, 0.25) is 0 Å². The third-order valence-corrected chi connectivity index (χ3v) is 5.16. The van der Waals surface area contributed by atoms with Gasteiger partial charge in [-0.25, -0.2) is 9.98 Å². The Labute approximate surface area is 172 Å². The van der Waals surface area contributed by atoms with Crippen LogP contribution in [0.5, 0.6) is 5.75 Å². The molecule has 1 aromatic carbocycles. The van der Waals surface area contributed by atoms with Gasteiger partial charge in [0.05, 0.1) is 24.4 Å². The summed E-state index contributed by atoms with van der Waals surface area (Å²) in [5.41, 5.74) is 2.28. The lowest BCUT2D eigenvalue weighted by Crippen LogP contribution is -2.39. The minimum atomic E-state index is 0.613. The molecule has 2 N–H and O–H groups in total. The fourth-order valence-electron chi connectivity index (χ4n) is 2.54. The second kappa shape index (κ2) is 13.1. The molecule has 2 aromatic rings. The van der Waals surface area contributed by atoms with Crippen molar-refractivity contribution < 1.29 is 9.47 Å². The molecule has 0 atom stereocenters. The van der Waals surface area contributed by atoms with E-state index in [1.54, 1.807) is 18.4 Å². The van der Waals surface area contributed by atoms with Gasteiger partial charge in [0.15, 0.2) is 5.96 Å². The van der Waals surface area contributed by atoms with Gasteiger partial charge in [-0.1, -0.05) is 19.1 Å². The predicted molar refractivity (Wildman–Crippen MR) is 116 cm³/mol. The van der Waals surface area contributed by atoms with E-state index in [0.717, 1.165) is 68.5 Å². The van der Waals surface area contributed by atoms with Crippen molar-refractivity contribution in [3.63, 3.8) is 0 Å². The van der Waals surface area contributed by atoms with Gasteiger partial charge in [0.1, 0.15) is 5.75 Å². The molecule has 0 aliphatic heterocycles. The summed E-state index contributed by atoms with van der Waals surface area (Å²) in [6, 6.07) is 8.00. The molecule has 0 fully saturated rings. The second-order valence-corrected chi connectivity index (χ2v) is 7.20. The molecular weight excluding hydrogens is 372 g/mol. The number of guanidine groups is 1. The van der Waals surface area contributed by atoms with Crippen LogP contribution in [-0.2, 0) is 24.1 Å². The van der Waals surface area contributed by atoms with Gasteiger partial charge in [0.25, 0.3) is 0 Å². The van der Waals surface area contributed by atoms with Crippen molar-refractivity contribution in [1.29, 1.82) is 0 Å². The number of hydrogen-bond donors (Lipinski definition) is 2. The van der Waals surface area contributed by atoms with Gasteiger partial charge in [0.2, 0.25) is 0 Å². The quantitative estimate of drug-likeness (QED) is 0.322. The maximum atomic E-state index is 5.40. The first-order valence-corrected chi connectivity index (χ1v) is 10.8. The molecule has 7 heteroatoms. The van der Waals surface area contributed by atoms with Crippen molar-refractivity contribution in [3.05, 3.63) is 45.9 Å². The van der Waals surface area contributed by atoms with E-state index >= 15 is 0 Å². The number of aromatic nitrogens is 1. The molecule has 0 amide bonds. The Morgan fingerprint density at radius 2 is 1.93 bits per heavy atom. The lowest BCUT2D eigenvalue weighted by atomic mass is 10.2. The highest BCUT2D eigenvalue weighted by atomic mass is 32.1. The van der Waals surface area contributed by atoms with Gasteiger partial charge in [-0.3, -0.25) is 0 Å². The average molecular weight is 405 g/mol. The molecule has 0 saturated carbocycles. The van der Waals surface area contributed by atoms with Crippen LogP contribution >= 0.6 is 11.3 Å². The number of nitrogens with one attached hydrogen (secondary N) is 2. The summed E-state index contributed by atoms with van der Waals surface area (Å²) in [5, 5.41) is 10.1. The van der Waals surface area contributed by atoms with Crippen LogP contribution < -0.4 is 15.4 Å². The molecule has 1 heterocycles. The van der Waals surface area contributed by atoms with E-state index in [9.17, 15) is 0 Å². The number of ether oxygens (including phenoxy) is 2. The first-order valence-electron chi connectivity index (χ1n) is 9.91. The monoisotopic (exact) mass is 404 g/mol. The lowest BCUT2D eigenvalue weighted by molar-refractivity contribution is 0.145. The van der Waals surface area contributed by atoms with Gasteiger partial charge in [-0.15, -0.1) is 11.3 Å². The summed E-state index contributed by atoms with van der Waals surface area (Å²) < 4.78 is 10.6. The Bertz CT molecular complexity index is 701. The van der Waals surface area contributed by atoms with Gasteiger partial charge in [-0.2, -0.15) is 0 Å². The van der Waals surface area contributed by atoms with E-state index in [0.29, 0.717) is 6.54 Å². The Balaban J connectivity index is 1.86. The minimum Gasteiger partial charge on any atom is -0.497 e. The van der Waals surface area contributed by atoms with Crippen LogP contribution in [0, 0.1) is 0 Å². The number of hydrogen-bond acceptors (Lipinski definition) is 5. The molecule has 1 aromatic heterocycles. The Morgan fingerprint density at radius 3 is 2.61 bits per heavy atom. The summed E-state index contributed by atoms with van der Waals surface area (Å²) in [4.78, 5) is 9.34. The number of thiazole rings is 1. The Morgan fingerprint density at radius 1 is 1.14 bits per heavy atom. The maximum absolute atomic E-state index is 5.40. The SMILES string of the molecule is CCOCCCNC(=NCc1ccc(OC)cc1)NCCc1csc(CC)n1. The summed E-state index contributed by atoms with van der Waals surface area (Å²) in [5.74, 6) is 1.67. The summed E-state index contributed by atoms with van der Waals surface area (Å²) in [6.07, 6.45) is 2.83. The predicted octanol–water partition coefficient (Wildman–Crippen LogP) is 3.42. The molecule has 6 nitrogen and oxygen atoms in total. The van der Waals surface area contributed by atoms with Gasteiger partial charge in [0, 0.05) is 38.1 Å². The number of methoxy groups -OCH3 is 1. The Kier molecular flexibility index (Phi) is 10.4. The summed E-state index contributed by atoms with van der Waals surface area (Å²) in [7, 11) is 1.67. The minimum absolute atomic E-state index is 0.613. The molecule has 154 valence electrons. The van der Waals surface area contributed by atoms with E-state index in [4.69, 9.17) is 14.5 Å². The fourth-order valence-corrected chi connectivity index (χ4v) is 3.32. The molecule has 28 heavy (non-hydrogen) atoms. The van der Waals surface area contributed by atoms with E-state index in [1.165, 1.54) is 5.01 Å². The van der Waals surface area contributed by atoms with E-state index in [2.05, 4.69) is 27.9 Å². The topological polar surface area (TPSA) is 67.8 Å². The van der Waals surface area contributed by atoms with E-state index < -0.39 is 0 Å². The first kappa shape index (κ1) is 22.2. The Hall–Kier alpha value is -2.12. The summed E-state index contributed by atoms with van der Waals surface area (Å²) >= 11 is 1.73. The highest BCUT2D eigenvalue weighted by Crippen LogP contribution is 2.12. The standard InChI is InChI=1S/C21H32N4O2S/c1-4-20-25-18(16-28-20)11-13-23-21(22-12-6-14-27-5-2)24-15-17-7-9-19(26-3)10-8-17/h7-10,16H,4-6,11-15H2,1-3H3,(H2,22,23,24). The van der Waals surface area contributed by atoms with E-state index in [-0.39, 0.29) is 0 Å². The van der Waals surface area contributed by atoms with Crippen LogP contribution in [0.3, 0.4) is 0 Å². The third-order valence-electron chi connectivity index (χ3n) is 4.12. The second-order valence-electron chi connectivity index (χ2n) is 6.25. The van der Waals surface area contributed by atoms with Crippen molar-refractivity contribution in [1.82, 2.24) is 15.6 Å². The molecule has 0 radical (unpaired) electrons. The zero-order valence-corrected chi connectivity index (χ0v) is 18.0. The van der Waals surface area contributed by atoms with Crippen molar-refractivity contribution in [2.75, 3.05) is 33.4 Å². The largest absolute Gasteiger partial charge is 0.497 e.